The van der Waals surface area contributed by atoms with Gasteiger partial charge in [-0.2, -0.15) is 0 Å². The number of carbonyl (C=O) groups excluding carboxylic acids is 1. The number of carbonyl (C=O) groups is 1. The maximum Gasteiger partial charge on any atom is 0.224 e. The number of nitrogens with one attached hydrogen (secondary N) is 1. The summed E-state index contributed by atoms with van der Waals surface area (Å²) in [6.45, 7) is 2.01. The summed E-state index contributed by atoms with van der Waals surface area (Å²) in [5.74, 6) is 1.02. The third-order valence-corrected chi connectivity index (χ3v) is 3.91. The molecule has 0 spiro atoms. The van der Waals surface area contributed by atoms with Crippen molar-refractivity contribution >= 4 is 23.4 Å². The molecule has 1 N–H and O–H groups in total. The molecule has 0 bridgehead atoms. The van der Waals surface area contributed by atoms with E-state index in [1.165, 1.54) is 10.5 Å². The number of hydrogen-bond donors (Lipinski definition) is 1. The molecule has 0 radical (unpaired) electrons. The van der Waals surface area contributed by atoms with Crippen molar-refractivity contribution in [1.82, 2.24) is 0 Å². The molecule has 0 aliphatic carbocycles. The van der Waals surface area contributed by atoms with Crippen LogP contribution in [-0.2, 0) is 10.5 Å². The average molecular weight is 285 g/mol. The fourth-order valence-electron chi connectivity index (χ4n) is 1.86. The van der Waals surface area contributed by atoms with Crippen LogP contribution in [0.25, 0.3) is 0 Å². The van der Waals surface area contributed by atoms with Crippen LogP contribution >= 0.6 is 11.8 Å². The van der Waals surface area contributed by atoms with Crippen LogP contribution < -0.4 is 5.32 Å². The Morgan fingerprint density at radius 3 is 2.65 bits per heavy atom. The zero-order chi connectivity index (χ0) is 14.2. The van der Waals surface area contributed by atoms with E-state index >= 15 is 0 Å². The first kappa shape index (κ1) is 14.7. The van der Waals surface area contributed by atoms with Gasteiger partial charge in [0.05, 0.1) is 0 Å². The molecule has 104 valence electrons. The summed E-state index contributed by atoms with van der Waals surface area (Å²) in [6.07, 6.45) is 1.44. The highest BCUT2D eigenvalue weighted by molar-refractivity contribution is 7.98. The maximum absolute atomic E-state index is 11.6. The number of benzene rings is 2. The molecule has 0 aliphatic heterocycles. The van der Waals surface area contributed by atoms with E-state index in [-0.39, 0.29) is 5.91 Å². The molecule has 0 saturated carbocycles. The Kier molecular flexibility index (Phi) is 5.69. The van der Waals surface area contributed by atoms with E-state index in [0.29, 0.717) is 6.42 Å². The van der Waals surface area contributed by atoms with E-state index in [1.54, 1.807) is 11.8 Å². The molecule has 20 heavy (non-hydrogen) atoms. The number of hydrogen-bond acceptors (Lipinski definition) is 2. The Morgan fingerprint density at radius 1 is 1.10 bits per heavy atom. The number of rotatable bonds is 6. The summed E-state index contributed by atoms with van der Waals surface area (Å²) in [6, 6.07) is 18.4. The van der Waals surface area contributed by atoms with Crippen LogP contribution in [0, 0.1) is 0 Å². The quantitative estimate of drug-likeness (QED) is 0.778. The van der Waals surface area contributed by atoms with Gasteiger partial charge in [0.15, 0.2) is 0 Å². The summed E-state index contributed by atoms with van der Waals surface area (Å²) in [5, 5.41) is 2.93. The van der Waals surface area contributed by atoms with Crippen molar-refractivity contribution in [2.24, 2.45) is 0 Å². The molecular formula is C17H19NOS. The summed E-state index contributed by atoms with van der Waals surface area (Å²) in [4.78, 5) is 12.8. The first-order valence-corrected chi connectivity index (χ1v) is 7.83. The van der Waals surface area contributed by atoms with Crippen LogP contribution in [0.4, 0.5) is 5.69 Å². The Bertz CT molecular complexity index is 554. The predicted molar refractivity (Wildman–Crippen MR) is 86.0 cm³/mol. The number of amides is 1. The van der Waals surface area contributed by atoms with E-state index in [1.807, 2.05) is 31.2 Å². The van der Waals surface area contributed by atoms with Crippen LogP contribution in [0.1, 0.15) is 25.3 Å². The molecule has 0 fully saturated rings. The predicted octanol–water partition coefficient (Wildman–Crippen LogP) is 4.72. The summed E-state index contributed by atoms with van der Waals surface area (Å²) in [7, 11) is 0. The molecule has 0 unspecified atom stereocenters. The zero-order valence-corrected chi connectivity index (χ0v) is 12.5. The fourth-order valence-corrected chi connectivity index (χ4v) is 2.77. The van der Waals surface area contributed by atoms with E-state index < -0.39 is 0 Å². The normalized spacial score (nSPS) is 10.2. The lowest BCUT2D eigenvalue weighted by atomic mass is 10.2. The Morgan fingerprint density at radius 2 is 1.90 bits per heavy atom. The molecule has 2 aromatic carbocycles. The maximum atomic E-state index is 11.6. The summed E-state index contributed by atoms with van der Waals surface area (Å²) in [5.41, 5.74) is 2.18. The largest absolute Gasteiger partial charge is 0.326 e. The molecule has 0 heterocycles. The third-order valence-electron chi connectivity index (χ3n) is 2.84. The molecule has 0 saturated heterocycles. The fraction of sp³-hybridized carbons (Fsp3) is 0.235. The third kappa shape index (κ3) is 4.74. The topological polar surface area (TPSA) is 29.1 Å². The van der Waals surface area contributed by atoms with Gasteiger partial charge in [-0.3, -0.25) is 4.79 Å². The van der Waals surface area contributed by atoms with E-state index in [4.69, 9.17) is 0 Å². The van der Waals surface area contributed by atoms with Crippen molar-refractivity contribution in [3.8, 4) is 0 Å². The first-order valence-electron chi connectivity index (χ1n) is 6.84. The van der Waals surface area contributed by atoms with Crippen molar-refractivity contribution in [3.63, 3.8) is 0 Å². The van der Waals surface area contributed by atoms with Crippen LogP contribution in [0.5, 0.6) is 0 Å². The lowest BCUT2D eigenvalue weighted by Gasteiger charge is -2.07. The Hall–Kier alpha value is -1.74. The van der Waals surface area contributed by atoms with Gasteiger partial charge in [-0.25, -0.2) is 0 Å². The summed E-state index contributed by atoms with van der Waals surface area (Å²) >= 11 is 1.78. The van der Waals surface area contributed by atoms with Crippen LogP contribution in [0.15, 0.2) is 59.5 Å². The van der Waals surface area contributed by atoms with Gasteiger partial charge < -0.3 is 5.32 Å². The smallest absolute Gasteiger partial charge is 0.224 e. The van der Waals surface area contributed by atoms with Gasteiger partial charge in [0.2, 0.25) is 5.91 Å². The molecular weight excluding hydrogens is 266 g/mol. The molecule has 3 heteroatoms. The highest BCUT2D eigenvalue weighted by Gasteiger charge is 2.02. The van der Waals surface area contributed by atoms with E-state index in [2.05, 4.69) is 35.6 Å². The molecule has 2 nitrogen and oxygen atoms in total. The zero-order valence-electron chi connectivity index (χ0n) is 11.6. The van der Waals surface area contributed by atoms with Crippen molar-refractivity contribution in [1.29, 1.82) is 0 Å². The standard InChI is InChI=1S/C17H19NOS/c1-2-7-17(19)18-15-10-6-11-16(12-15)20-13-14-8-4-3-5-9-14/h3-6,8-12H,2,7,13H2,1H3,(H,18,19). The van der Waals surface area contributed by atoms with Gasteiger partial charge in [0.1, 0.15) is 0 Å². The monoisotopic (exact) mass is 285 g/mol. The van der Waals surface area contributed by atoms with Gasteiger partial charge in [-0.05, 0) is 30.2 Å². The summed E-state index contributed by atoms with van der Waals surface area (Å²) < 4.78 is 0. The molecule has 2 rings (SSSR count). The molecule has 0 aliphatic rings. The molecule has 0 atom stereocenters. The van der Waals surface area contributed by atoms with Crippen LogP contribution in [0.3, 0.4) is 0 Å². The SMILES string of the molecule is CCCC(=O)Nc1cccc(SCc2ccccc2)c1. The van der Waals surface area contributed by atoms with Crippen molar-refractivity contribution < 1.29 is 4.79 Å². The number of anilines is 1. The van der Waals surface area contributed by atoms with Gasteiger partial charge >= 0.3 is 0 Å². The van der Waals surface area contributed by atoms with E-state index in [0.717, 1.165) is 17.9 Å². The highest BCUT2D eigenvalue weighted by atomic mass is 32.2. The van der Waals surface area contributed by atoms with Gasteiger partial charge in [0, 0.05) is 22.8 Å². The highest BCUT2D eigenvalue weighted by Crippen LogP contribution is 2.25. The van der Waals surface area contributed by atoms with Gasteiger partial charge in [-0.1, -0.05) is 43.3 Å². The van der Waals surface area contributed by atoms with E-state index in [9.17, 15) is 4.79 Å². The lowest BCUT2D eigenvalue weighted by Crippen LogP contribution is -2.10. The van der Waals surface area contributed by atoms with Gasteiger partial charge in [0.25, 0.3) is 0 Å². The second-order valence-electron chi connectivity index (χ2n) is 4.60. The van der Waals surface area contributed by atoms with Crippen molar-refractivity contribution in [2.75, 3.05) is 5.32 Å². The number of thioether (sulfide) groups is 1. The second-order valence-corrected chi connectivity index (χ2v) is 5.65. The average Bonchev–Trinajstić information content (AvgIpc) is 2.47. The van der Waals surface area contributed by atoms with Crippen LogP contribution in [-0.4, -0.2) is 5.91 Å². The minimum absolute atomic E-state index is 0.0812. The molecule has 0 aromatic heterocycles. The van der Waals surface area contributed by atoms with Gasteiger partial charge in [-0.15, -0.1) is 11.8 Å². The Balaban J connectivity index is 1.94. The second kappa shape index (κ2) is 7.75. The first-order chi connectivity index (χ1) is 9.78. The Labute approximate surface area is 124 Å². The minimum Gasteiger partial charge on any atom is -0.326 e. The van der Waals surface area contributed by atoms with Crippen molar-refractivity contribution in [3.05, 3.63) is 60.2 Å². The molecule has 1 amide bonds. The lowest BCUT2D eigenvalue weighted by molar-refractivity contribution is -0.116. The van der Waals surface area contributed by atoms with Crippen LogP contribution in [0.2, 0.25) is 0 Å². The minimum atomic E-state index is 0.0812. The van der Waals surface area contributed by atoms with Crippen molar-refractivity contribution in [2.45, 2.75) is 30.4 Å². The molecule has 2 aromatic rings.